The minimum absolute atomic E-state index is 0.0196. The first-order valence-corrected chi connectivity index (χ1v) is 13.0. The molecule has 11 heteroatoms. The first kappa shape index (κ1) is 27.3. The number of nitrogens with one attached hydrogen (secondary N) is 2. The van der Waals surface area contributed by atoms with Crippen LogP contribution in [0.2, 0.25) is 5.02 Å². The van der Waals surface area contributed by atoms with Crippen molar-refractivity contribution < 1.29 is 19.1 Å². The molecular formula is C27H28ClN5O4S. The van der Waals surface area contributed by atoms with Gasteiger partial charge in [-0.2, -0.15) is 9.78 Å². The number of rotatable bonds is 4. The lowest BCUT2D eigenvalue weighted by atomic mass is 9.87. The Morgan fingerprint density at radius 2 is 1.61 bits per heavy atom. The summed E-state index contributed by atoms with van der Waals surface area (Å²) in [5.41, 5.74) is 1.60. The van der Waals surface area contributed by atoms with Gasteiger partial charge in [-0.05, 0) is 56.0 Å². The molecule has 2 heterocycles. The molecule has 0 spiro atoms. The normalized spacial score (nSPS) is 11.9. The maximum atomic E-state index is 13.0. The van der Waals surface area contributed by atoms with Gasteiger partial charge in [0.2, 0.25) is 0 Å². The van der Waals surface area contributed by atoms with Crippen molar-refractivity contribution >= 4 is 62.6 Å². The molecule has 0 fully saturated rings. The largest absolute Gasteiger partial charge is 0.442 e. The molecule has 0 saturated heterocycles. The van der Waals surface area contributed by atoms with E-state index in [-0.39, 0.29) is 26.4 Å². The number of ether oxygens (including phenoxy) is 1. The molecule has 4 rings (SSSR count). The third kappa shape index (κ3) is 6.03. The van der Waals surface area contributed by atoms with E-state index in [0.29, 0.717) is 22.2 Å². The Labute approximate surface area is 229 Å². The second-order valence-electron chi connectivity index (χ2n) is 10.7. The first-order valence-electron chi connectivity index (χ1n) is 11.8. The van der Waals surface area contributed by atoms with Crippen LogP contribution in [-0.2, 0) is 10.2 Å². The number of aromatic nitrogens is 3. The average molecular weight is 554 g/mol. The van der Waals surface area contributed by atoms with Gasteiger partial charge in [0.1, 0.15) is 10.5 Å². The number of amides is 2. The van der Waals surface area contributed by atoms with Gasteiger partial charge in [-0.15, -0.1) is 0 Å². The maximum Gasteiger partial charge on any atom is 0.435 e. The highest BCUT2D eigenvalue weighted by Gasteiger charge is 2.23. The average Bonchev–Trinajstić information content (AvgIpc) is 3.46. The quantitative estimate of drug-likeness (QED) is 0.289. The van der Waals surface area contributed by atoms with Crippen molar-refractivity contribution in [1.82, 2.24) is 14.8 Å². The lowest BCUT2D eigenvalue weighted by Crippen LogP contribution is -2.27. The second kappa shape index (κ2) is 10.2. The van der Waals surface area contributed by atoms with Gasteiger partial charge < -0.3 is 10.1 Å². The van der Waals surface area contributed by atoms with Crippen LogP contribution < -0.4 is 10.6 Å². The standard InChI is InChI=1S/C27H28ClN5O4S/c1-26(2,3)16-9-7-15(8-10-16)22(34)32-24-29-14-20(38-24)23(35)31-21-17-13-30-33(19(17)12-11-18(21)28)25(36)37-27(4,5)6/h7-14H,1-6H3,(H,31,35)(H,29,32,34). The summed E-state index contributed by atoms with van der Waals surface area (Å²) in [6, 6.07) is 10.5. The Balaban J connectivity index is 1.49. The molecule has 9 nitrogen and oxygen atoms in total. The van der Waals surface area contributed by atoms with Gasteiger partial charge in [0.25, 0.3) is 11.8 Å². The lowest BCUT2D eigenvalue weighted by Gasteiger charge is -2.19. The van der Waals surface area contributed by atoms with Crippen LogP contribution in [0.5, 0.6) is 0 Å². The van der Waals surface area contributed by atoms with Crippen molar-refractivity contribution in [3.05, 3.63) is 69.8 Å². The van der Waals surface area contributed by atoms with E-state index < -0.39 is 17.6 Å². The number of carbonyl (C=O) groups is 3. The van der Waals surface area contributed by atoms with E-state index in [1.165, 1.54) is 12.4 Å². The molecule has 2 amide bonds. The molecule has 0 saturated carbocycles. The van der Waals surface area contributed by atoms with E-state index in [1.54, 1.807) is 45.0 Å². The van der Waals surface area contributed by atoms with Gasteiger partial charge in [0.15, 0.2) is 5.13 Å². The summed E-state index contributed by atoms with van der Waals surface area (Å²) in [4.78, 5) is 42.6. The van der Waals surface area contributed by atoms with Gasteiger partial charge in [0.05, 0.1) is 28.6 Å². The summed E-state index contributed by atoms with van der Waals surface area (Å²) in [6.07, 6.45) is 2.16. The van der Waals surface area contributed by atoms with E-state index >= 15 is 0 Å². The fourth-order valence-corrected chi connectivity index (χ4v) is 4.47. The summed E-state index contributed by atoms with van der Waals surface area (Å²) in [5.74, 6) is -0.800. The van der Waals surface area contributed by atoms with Crippen LogP contribution in [0.1, 0.15) is 67.1 Å². The van der Waals surface area contributed by atoms with Crippen LogP contribution in [0.3, 0.4) is 0 Å². The molecule has 0 unspecified atom stereocenters. The maximum absolute atomic E-state index is 13.0. The number of hydrogen-bond acceptors (Lipinski definition) is 7. The van der Waals surface area contributed by atoms with Crippen LogP contribution in [0.4, 0.5) is 15.6 Å². The van der Waals surface area contributed by atoms with Crippen LogP contribution in [0.15, 0.2) is 48.8 Å². The highest BCUT2D eigenvalue weighted by Crippen LogP contribution is 2.32. The summed E-state index contributed by atoms with van der Waals surface area (Å²) in [6.45, 7) is 11.6. The molecule has 0 aliphatic heterocycles. The van der Waals surface area contributed by atoms with Crippen LogP contribution in [0, 0.1) is 0 Å². The van der Waals surface area contributed by atoms with Gasteiger partial charge in [0, 0.05) is 10.9 Å². The Morgan fingerprint density at radius 1 is 0.921 bits per heavy atom. The number of benzene rings is 2. The molecular weight excluding hydrogens is 526 g/mol. The van der Waals surface area contributed by atoms with Crippen molar-refractivity contribution in [3.63, 3.8) is 0 Å². The molecule has 198 valence electrons. The van der Waals surface area contributed by atoms with Crippen molar-refractivity contribution in [1.29, 1.82) is 0 Å². The zero-order valence-electron chi connectivity index (χ0n) is 21.9. The third-order valence-corrected chi connectivity index (χ3v) is 6.70. The van der Waals surface area contributed by atoms with E-state index in [9.17, 15) is 14.4 Å². The summed E-state index contributed by atoms with van der Waals surface area (Å²) in [7, 11) is 0. The predicted octanol–water partition coefficient (Wildman–Crippen LogP) is 6.73. The van der Waals surface area contributed by atoms with Gasteiger partial charge >= 0.3 is 6.09 Å². The number of fused-ring (bicyclic) bond motifs is 1. The Morgan fingerprint density at radius 3 is 2.24 bits per heavy atom. The second-order valence-corrected chi connectivity index (χ2v) is 12.1. The molecule has 0 bridgehead atoms. The molecule has 2 aromatic heterocycles. The fraction of sp³-hybridized carbons (Fsp3) is 0.296. The fourth-order valence-electron chi connectivity index (χ4n) is 3.56. The monoisotopic (exact) mass is 553 g/mol. The predicted molar refractivity (Wildman–Crippen MR) is 150 cm³/mol. The number of anilines is 2. The molecule has 0 aliphatic rings. The zero-order chi connectivity index (χ0) is 27.8. The van der Waals surface area contributed by atoms with Gasteiger partial charge in [-0.1, -0.05) is 55.8 Å². The van der Waals surface area contributed by atoms with Crippen LogP contribution >= 0.6 is 22.9 Å². The van der Waals surface area contributed by atoms with Crippen molar-refractivity contribution in [3.8, 4) is 0 Å². The molecule has 0 aliphatic carbocycles. The molecule has 2 aromatic carbocycles. The zero-order valence-corrected chi connectivity index (χ0v) is 23.5. The molecule has 0 radical (unpaired) electrons. The minimum Gasteiger partial charge on any atom is -0.442 e. The van der Waals surface area contributed by atoms with Crippen molar-refractivity contribution in [2.75, 3.05) is 10.6 Å². The number of hydrogen-bond donors (Lipinski definition) is 2. The van der Waals surface area contributed by atoms with Crippen LogP contribution in [0.25, 0.3) is 10.9 Å². The molecule has 0 atom stereocenters. The van der Waals surface area contributed by atoms with E-state index in [2.05, 4.69) is 41.5 Å². The lowest BCUT2D eigenvalue weighted by molar-refractivity contribution is 0.0522. The highest BCUT2D eigenvalue weighted by molar-refractivity contribution is 7.17. The minimum atomic E-state index is -0.700. The summed E-state index contributed by atoms with van der Waals surface area (Å²) in [5, 5.41) is 10.6. The SMILES string of the molecule is CC(C)(C)OC(=O)n1ncc2c(NC(=O)c3cnc(NC(=O)c4ccc(C(C)(C)C)cc4)s3)c(Cl)ccc21. The topological polar surface area (TPSA) is 115 Å². The number of halogens is 1. The highest BCUT2D eigenvalue weighted by atomic mass is 35.5. The van der Waals surface area contributed by atoms with E-state index in [1.807, 2.05) is 12.1 Å². The smallest absolute Gasteiger partial charge is 0.435 e. The molecule has 2 N–H and O–H groups in total. The molecule has 4 aromatic rings. The van der Waals surface area contributed by atoms with Crippen LogP contribution in [-0.4, -0.2) is 38.3 Å². The number of thiazole rings is 1. The number of carbonyl (C=O) groups excluding carboxylic acids is 3. The number of nitrogens with zero attached hydrogens (tertiary/aromatic N) is 3. The van der Waals surface area contributed by atoms with E-state index in [4.69, 9.17) is 16.3 Å². The molecule has 38 heavy (non-hydrogen) atoms. The van der Waals surface area contributed by atoms with E-state index in [0.717, 1.165) is 21.6 Å². The Hall–Kier alpha value is -3.76. The Kier molecular flexibility index (Phi) is 7.31. The summed E-state index contributed by atoms with van der Waals surface area (Å²) < 4.78 is 6.51. The first-order chi connectivity index (χ1) is 17.7. The third-order valence-electron chi connectivity index (χ3n) is 5.47. The van der Waals surface area contributed by atoms with Crippen molar-refractivity contribution in [2.24, 2.45) is 0 Å². The Bertz CT molecular complexity index is 1530. The van der Waals surface area contributed by atoms with Gasteiger partial charge in [-0.3, -0.25) is 14.9 Å². The van der Waals surface area contributed by atoms with Crippen molar-refractivity contribution in [2.45, 2.75) is 52.6 Å². The van der Waals surface area contributed by atoms with Gasteiger partial charge in [-0.25, -0.2) is 9.78 Å². The summed E-state index contributed by atoms with van der Waals surface area (Å²) >= 11 is 7.40.